The van der Waals surface area contributed by atoms with E-state index in [0.29, 0.717) is 18.3 Å². The maximum atomic E-state index is 11.2. The number of ether oxygens (including phenoxy) is 1. The van der Waals surface area contributed by atoms with Crippen molar-refractivity contribution in [1.82, 2.24) is 0 Å². The van der Waals surface area contributed by atoms with E-state index in [2.05, 4.69) is 20.8 Å². The number of hydrogen-bond donors (Lipinski definition) is 0. The Morgan fingerprint density at radius 3 is 2.67 bits per heavy atom. The summed E-state index contributed by atoms with van der Waals surface area (Å²) in [5, 5.41) is 0. The molecule has 1 saturated heterocycles. The molecule has 0 aromatic carbocycles. The first kappa shape index (κ1) is 9.56. The molecule has 0 bridgehead atoms. The highest BCUT2D eigenvalue weighted by atomic mass is 16.5. The number of rotatable bonds is 1. The molecular formula is C10H18O2. The molecule has 0 N–H and O–H groups in total. The van der Waals surface area contributed by atoms with E-state index in [1.165, 1.54) is 0 Å². The summed E-state index contributed by atoms with van der Waals surface area (Å²) in [7, 11) is 0. The van der Waals surface area contributed by atoms with Crippen LogP contribution in [-0.4, -0.2) is 12.1 Å². The zero-order valence-electron chi connectivity index (χ0n) is 8.17. The van der Waals surface area contributed by atoms with Crippen molar-refractivity contribution in [3.63, 3.8) is 0 Å². The number of hydrogen-bond acceptors (Lipinski definition) is 2. The zero-order valence-corrected chi connectivity index (χ0v) is 8.17. The molecule has 0 saturated carbocycles. The molecule has 0 radical (unpaired) electrons. The van der Waals surface area contributed by atoms with Crippen LogP contribution in [0.25, 0.3) is 0 Å². The molecule has 12 heavy (non-hydrogen) atoms. The van der Waals surface area contributed by atoms with Crippen molar-refractivity contribution in [2.24, 2.45) is 11.8 Å². The van der Waals surface area contributed by atoms with Gasteiger partial charge in [-0.1, -0.05) is 20.8 Å². The molecule has 0 aliphatic carbocycles. The van der Waals surface area contributed by atoms with Gasteiger partial charge < -0.3 is 4.74 Å². The molecule has 0 unspecified atom stereocenters. The van der Waals surface area contributed by atoms with Crippen molar-refractivity contribution in [3.05, 3.63) is 0 Å². The van der Waals surface area contributed by atoms with Crippen LogP contribution in [0, 0.1) is 11.8 Å². The lowest BCUT2D eigenvalue weighted by Crippen LogP contribution is -2.21. The molecule has 2 nitrogen and oxygen atoms in total. The first-order chi connectivity index (χ1) is 5.59. The second-order valence-electron chi connectivity index (χ2n) is 4.16. The van der Waals surface area contributed by atoms with E-state index in [1.54, 1.807) is 0 Å². The molecular weight excluding hydrogens is 152 g/mol. The summed E-state index contributed by atoms with van der Waals surface area (Å²) in [4.78, 5) is 11.2. The number of carbonyl (C=O) groups is 1. The minimum atomic E-state index is -0.0151. The molecule has 2 heteroatoms. The summed E-state index contributed by atoms with van der Waals surface area (Å²) in [6.07, 6.45) is 2.91. The molecule has 2 atom stereocenters. The fourth-order valence-electron chi connectivity index (χ4n) is 1.58. The fraction of sp³-hybridized carbons (Fsp3) is 0.900. The Labute approximate surface area is 74.3 Å². The van der Waals surface area contributed by atoms with E-state index in [0.717, 1.165) is 12.8 Å². The minimum absolute atomic E-state index is 0.0151. The van der Waals surface area contributed by atoms with Crippen LogP contribution in [-0.2, 0) is 9.53 Å². The Morgan fingerprint density at radius 1 is 1.42 bits per heavy atom. The van der Waals surface area contributed by atoms with Gasteiger partial charge >= 0.3 is 5.97 Å². The van der Waals surface area contributed by atoms with Crippen LogP contribution in [0.2, 0.25) is 0 Å². The minimum Gasteiger partial charge on any atom is -0.462 e. The second-order valence-corrected chi connectivity index (χ2v) is 4.16. The van der Waals surface area contributed by atoms with Crippen molar-refractivity contribution in [2.45, 2.75) is 46.1 Å². The summed E-state index contributed by atoms with van der Waals surface area (Å²) >= 11 is 0. The standard InChI is InChI=1S/C10H18O2/c1-7(2)9-5-4-8(3)6-10(11)12-9/h7-9H,4-6H2,1-3H3/t8-,9+/m1/s1. The fourth-order valence-corrected chi connectivity index (χ4v) is 1.58. The van der Waals surface area contributed by atoms with Gasteiger partial charge in [0.15, 0.2) is 0 Å². The number of carbonyl (C=O) groups excluding carboxylic acids is 1. The van der Waals surface area contributed by atoms with Crippen molar-refractivity contribution in [3.8, 4) is 0 Å². The molecule has 0 spiro atoms. The summed E-state index contributed by atoms with van der Waals surface area (Å²) in [5.74, 6) is 0.944. The van der Waals surface area contributed by atoms with Crippen LogP contribution in [0.4, 0.5) is 0 Å². The van der Waals surface area contributed by atoms with E-state index in [-0.39, 0.29) is 12.1 Å². The Hall–Kier alpha value is -0.530. The zero-order chi connectivity index (χ0) is 9.14. The van der Waals surface area contributed by atoms with Crippen molar-refractivity contribution in [2.75, 3.05) is 0 Å². The summed E-state index contributed by atoms with van der Waals surface area (Å²) in [5.41, 5.74) is 0. The topological polar surface area (TPSA) is 26.3 Å². The molecule has 0 amide bonds. The lowest BCUT2D eigenvalue weighted by Gasteiger charge is -2.18. The second kappa shape index (κ2) is 3.92. The van der Waals surface area contributed by atoms with E-state index >= 15 is 0 Å². The average molecular weight is 170 g/mol. The Morgan fingerprint density at radius 2 is 2.08 bits per heavy atom. The maximum absolute atomic E-state index is 11.2. The maximum Gasteiger partial charge on any atom is 0.306 e. The summed E-state index contributed by atoms with van der Waals surface area (Å²) in [6.45, 7) is 6.33. The van der Waals surface area contributed by atoms with Crippen LogP contribution in [0.5, 0.6) is 0 Å². The summed E-state index contributed by atoms with van der Waals surface area (Å²) in [6, 6.07) is 0. The lowest BCUT2D eigenvalue weighted by atomic mass is 9.97. The summed E-state index contributed by atoms with van der Waals surface area (Å²) < 4.78 is 5.30. The molecule has 0 aromatic heterocycles. The van der Waals surface area contributed by atoms with Gasteiger partial charge in [0, 0.05) is 6.42 Å². The van der Waals surface area contributed by atoms with Crippen LogP contribution in [0.15, 0.2) is 0 Å². The predicted molar refractivity (Wildman–Crippen MR) is 47.7 cm³/mol. The van der Waals surface area contributed by atoms with Gasteiger partial charge in [-0.05, 0) is 24.7 Å². The Balaban J connectivity index is 2.52. The first-order valence-corrected chi connectivity index (χ1v) is 4.79. The molecule has 1 aliphatic heterocycles. The van der Waals surface area contributed by atoms with Gasteiger partial charge in [0.25, 0.3) is 0 Å². The van der Waals surface area contributed by atoms with Gasteiger partial charge in [0.1, 0.15) is 6.10 Å². The van der Waals surface area contributed by atoms with E-state index in [1.807, 2.05) is 0 Å². The van der Waals surface area contributed by atoms with Crippen LogP contribution >= 0.6 is 0 Å². The third kappa shape index (κ3) is 2.50. The molecule has 1 fully saturated rings. The van der Waals surface area contributed by atoms with Crippen molar-refractivity contribution >= 4 is 5.97 Å². The lowest BCUT2D eigenvalue weighted by molar-refractivity contribution is -0.150. The average Bonchev–Trinajstić information content (AvgIpc) is 2.11. The van der Waals surface area contributed by atoms with Crippen molar-refractivity contribution < 1.29 is 9.53 Å². The van der Waals surface area contributed by atoms with Gasteiger partial charge in [-0.3, -0.25) is 4.79 Å². The molecule has 1 heterocycles. The third-order valence-electron chi connectivity index (χ3n) is 2.49. The SMILES string of the molecule is CC(C)[C@@H]1CC[C@@H](C)CC(=O)O1. The van der Waals surface area contributed by atoms with E-state index in [9.17, 15) is 4.79 Å². The largest absolute Gasteiger partial charge is 0.462 e. The predicted octanol–water partition coefficient (Wildman–Crippen LogP) is 2.37. The van der Waals surface area contributed by atoms with Gasteiger partial charge in [-0.25, -0.2) is 0 Å². The van der Waals surface area contributed by atoms with Gasteiger partial charge in [-0.2, -0.15) is 0 Å². The smallest absolute Gasteiger partial charge is 0.306 e. The molecule has 1 aliphatic rings. The quantitative estimate of drug-likeness (QED) is 0.565. The number of cyclic esters (lactones) is 1. The van der Waals surface area contributed by atoms with Crippen LogP contribution in [0.3, 0.4) is 0 Å². The van der Waals surface area contributed by atoms with Crippen LogP contribution < -0.4 is 0 Å². The molecule has 0 aromatic rings. The van der Waals surface area contributed by atoms with Gasteiger partial charge in [-0.15, -0.1) is 0 Å². The molecule has 70 valence electrons. The monoisotopic (exact) mass is 170 g/mol. The highest BCUT2D eigenvalue weighted by molar-refractivity contribution is 5.70. The molecule has 1 rings (SSSR count). The highest BCUT2D eigenvalue weighted by Gasteiger charge is 2.24. The van der Waals surface area contributed by atoms with Crippen LogP contribution in [0.1, 0.15) is 40.0 Å². The highest BCUT2D eigenvalue weighted by Crippen LogP contribution is 2.23. The third-order valence-corrected chi connectivity index (χ3v) is 2.49. The van der Waals surface area contributed by atoms with E-state index in [4.69, 9.17) is 4.74 Å². The Kier molecular flexibility index (Phi) is 3.12. The number of esters is 1. The van der Waals surface area contributed by atoms with Gasteiger partial charge in [0.05, 0.1) is 0 Å². The van der Waals surface area contributed by atoms with Crippen molar-refractivity contribution in [1.29, 1.82) is 0 Å². The van der Waals surface area contributed by atoms with E-state index < -0.39 is 0 Å². The first-order valence-electron chi connectivity index (χ1n) is 4.79. The van der Waals surface area contributed by atoms with Gasteiger partial charge in [0.2, 0.25) is 0 Å². The normalized spacial score (nSPS) is 31.5. The Bertz CT molecular complexity index is 163.